The molecule has 1 aliphatic heterocycles. The van der Waals surface area contributed by atoms with Crippen LogP contribution in [-0.4, -0.2) is 48.6 Å². The molecule has 1 aromatic rings. The minimum atomic E-state index is -4.38. The van der Waals surface area contributed by atoms with Gasteiger partial charge in [-0.25, -0.2) is 0 Å². The van der Waals surface area contributed by atoms with Crippen LogP contribution >= 0.6 is 0 Å². The molecule has 0 radical (unpaired) electrons. The molecule has 124 valence electrons. The van der Waals surface area contributed by atoms with Crippen LogP contribution in [0.4, 0.5) is 18.0 Å². The van der Waals surface area contributed by atoms with Gasteiger partial charge in [0.25, 0.3) is 0 Å². The second-order valence-corrected chi connectivity index (χ2v) is 5.26. The van der Waals surface area contributed by atoms with Gasteiger partial charge in [-0.05, 0) is 24.6 Å². The molecule has 1 aromatic carbocycles. The van der Waals surface area contributed by atoms with E-state index in [1.165, 1.54) is 17.0 Å². The Kier molecular flexibility index (Phi) is 5.50. The lowest BCUT2D eigenvalue weighted by atomic mass is 10.1. The summed E-state index contributed by atoms with van der Waals surface area (Å²) in [5.74, 6) is 5.57. The third-order valence-corrected chi connectivity index (χ3v) is 3.57. The fourth-order valence-electron chi connectivity index (χ4n) is 2.34. The molecule has 4 nitrogen and oxygen atoms in total. The lowest BCUT2D eigenvalue weighted by molar-refractivity contribution is -0.265. The van der Waals surface area contributed by atoms with Crippen LogP contribution in [0.25, 0.3) is 0 Å². The molecule has 0 aliphatic carbocycles. The molecule has 2 rings (SSSR count). The molecule has 7 heteroatoms. The molecule has 1 aliphatic rings. The summed E-state index contributed by atoms with van der Waals surface area (Å²) >= 11 is 0. The number of alkyl halides is 3. The quantitative estimate of drug-likeness (QED) is 0.734. The van der Waals surface area contributed by atoms with Crippen molar-refractivity contribution in [1.29, 1.82) is 0 Å². The Hall–Kier alpha value is -2.20. The van der Waals surface area contributed by atoms with Crippen molar-refractivity contribution >= 4 is 6.09 Å². The van der Waals surface area contributed by atoms with Crippen molar-refractivity contribution in [1.82, 2.24) is 9.80 Å². The van der Waals surface area contributed by atoms with E-state index in [-0.39, 0.29) is 0 Å². The third-order valence-electron chi connectivity index (χ3n) is 3.57. The van der Waals surface area contributed by atoms with E-state index in [1.807, 2.05) is 4.90 Å². The van der Waals surface area contributed by atoms with Gasteiger partial charge in [0.1, 0.15) is 6.09 Å². The second kappa shape index (κ2) is 7.38. The average Bonchev–Trinajstić information content (AvgIpc) is 2.72. The smallest absolute Gasteiger partial charge is 0.416 e. The summed E-state index contributed by atoms with van der Waals surface area (Å²) in [6.45, 7) is 2.40. The van der Waals surface area contributed by atoms with Crippen LogP contribution in [0.2, 0.25) is 0 Å². The molecule has 1 saturated heterocycles. The maximum Gasteiger partial charge on any atom is 0.416 e. The highest BCUT2D eigenvalue weighted by molar-refractivity contribution is 5.62. The van der Waals surface area contributed by atoms with E-state index in [9.17, 15) is 23.1 Å². The van der Waals surface area contributed by atoms with Crippen LogP contribution in [-0.2, 0) is 6.18 Å². The standard InChI is InChI=1S/C16H17F3N2O2/c17-16(18,19)14-6-1-4-13(12-14)5-2-7-20-8-3-9-21(11-10-20)15(22)23/h1,4,6,12H,3,7-11H2,(H,22,23)/p-1. The Balaban J connectivity index is 1.94. The molecule has 0 aromatic heterocycles. The first kappa shape index (κ1) is 17.2. The lowest BCUT2D eigenvalue weighted by Gasteiger charge is -2.22. The molecule has 1 amide bonds. The molecule has 1 fully saturated rings. The summed E-state index contributed by atoms with van der Waals surface area (Å²) in [6.07, 6.45) is -4.88. The third kappa shape index (κ3) is 5.18. The van der Waals surface area contributed by atoms with E-state index in [0.717, 1.165) is 12.1 Å². The van der Waals surface area contributed by atoms with Crippen LogP contribution in [0.3, 0.4) is 0 Å². The number of carboxylic acid groups (broad SMARTS) is 1. The molecule has 1 heterocycles. The zero-order valence-corrected chi connectivity index (χ0v) is 12.4. The average molecular weight is 325 g/mol. The van der Waals surface area contributed by atoms with Crippen molar-refractivity contribution in [2.45, 2.75) is 12.6 Å². The Bertz CT molecular complexity index is 620. The maximum absolute atomic E-state index is 12.6. The van der Waals surface area contributed by atoms with Crippen LogP contribution in [0, 0.1) is 11.8 Å². The fraction of sp³-hybridized carbons (Fsp3) is 0.438. The van der Waals surface area contributed by atoms with Gasteiger partial charge in [0.15, 0.2) is 0 Å². The van der Waals surface area contributed by atoms with Crippen molar-refractivity contribution < 1.29 is 23.1 Å². The lowest BCUT2D eigenvalue weighted by Crippen LogP contribution is -2.43. The summed E-state index contributed by atoms with van der Waals surface area (Å²) in [4.78, 5) is 14.0. The topological polar surface area (TPSA) is 46.6 Å². The Morgan fingerprint density at radius 1 is 1.22 bits per heavy atom. The zero-order chi connectivity index (χ0) is 16.9. The highest BCUT2D eigenvalue weighted by atomic mass is 19.4. The maximum atomic E-state index is 12.6. The number of hydrogen-bond donors (Lipinski definition) is 0. The van der Waals surface area contributed by atoms with Gasteiger partial charge in [-0.3, -0.25) is 4.90 Å². The number of amides is 1. The van der Waals surface area contributed by atoms with Crippen molar-refractivity contribution in [3.8, 4) is 11.8 Å². The predicted molar refractivity (Wildman–Crippen MR) is 76.3 cm³/mol. The number of carbonyl (C=O) groups is 1. The Morgan fingerprint density at radius 3 is 2.70 bits per heavy atom. The Labute approximate surface area is 132 Å². The summed E-state index contributed by atoms with van der Waals surface area (Å²) in [7, 11) is 0. The van der Waals surface area contributed by atoms with E-state index < -0.39 is 17.8 Å². The van der Waals surface area contributed by atoms with Gasteiger partial charge in [-0.2, -0.15) is 13.2 Å². The largest absolute Gasteiger partial charge is 0.530 e. The van der Waals surface area contributed by atoms with Crippen molar-refractivity contribution in [2.75, 3.05) is 32.7 Å². The molecule has 0 N–H and O–H groups in total. The van der Waals surface area contributed by atoms with Gasteiger partial charge in [0.2, 0.25) is 0 Å². The van der Waals surface area contributed by atoms with Gasteiger partial charge in [-0.15, -0.1) is 0 Å². The molecular formula is C16H16F3N2O2-. The number of rotatable bonds is 1. The molecule has 0 bridgehead atoms. The first-order chi connectivity index (χ1) is 10.9. The van der Waals surface area contributed by atoms with Gasteiger partial charge in [0.05, 0.1) is 12.1 Å². The SMILES string of the molecule is O=C([O-])N1CCCN(CC#Cc2cccc(C(F)(F)F)c2)CC1. The second-order valence-electron chi connectivity index (χ2n) is 5.26. The molecule has 23 heavy (non-hydrogen) atoms. The van der Waals surface area contributed by atoms with Crippen LogP contribution in [0.15, 0.2) is 24.3 Å². The van der Waals surface area contributed by atoms with Crippen LogP contribution in [0.1, 0.15) is 17.5 Å². The fourth-order valence-corrected chi connectivity index (χ4v) is 2.34. The first-order valence-electron chi connectivity index (χ1n) is 7.20. The minimum absolute atomic E-state index is 0.311. The highest BCUT2D eigenvalue weighted by Crippen LogP contribution is 2.29. The number of hydrogen-bond acceptors (Lipinski definition) is 3. The number of halogens is 3. The number of benzene rings is 1. The number of nitrogens with zero attached hydrogens (tertiary/aromatic N) is 2. The van der Waals surface area contributed by atoms with E-state index >= 15 is 0 Å². The van der Waals surface area contributed by atoms with Gasteiger partial charge in [0, 0.05) is 31.7 Å². The minimum Gasteiger partial charge on any atom is -0.530 e. The van der Waals surface area contributed by atoms with Crippen LogP contribution in [0.5, 0.6) is 0 Å². The van der Waals surface area contributed by atoms with Crippen molar-refractivity contribution in [3.63, 3.8) is 0 Å². The number of carbonyl (C=O) groups excluding carboxylic acids is 1. The molecular weight excluding hydrogens is 309 g/mol. The summed E-state index contributed by atoms with van der Waals surface area (Å²) in [5.41, 5.74) is -0.408. The zero-order valence-electron chi connectivity index (χ0n) is 12.4. The molecule has 0 atom stereocenters. The van der Waals surface area contributed by atoms with Gasteiger partial charge >= 0.3 is 6.18 Å². The molecule has 0 spiro atoms. The van der Waals surface area contributed by atoms with E-state index in [2.05, 4.69) is 11.8 Å². The monoisotopic (exact) mass is 325 g/mol. The van der Waals surface area contributed by atoms with E-state index in [0.29, 0.717) is 44.7 Å². The van der Waals surface area contributed by atoms with Crippen molar-refractivity contribution in [3.05, 3.63) is 35.4 Å². The first-order valence-corrected chi connectivity index (χ1v) is 7.20. The van der Waals surface area contributed by atoms with Crippen LogP contribution < -0.4 is 5.11 Å². The van der Waals surface area contributed by atoms with Gasteiger partial charge in [-0.1, -0.05) is 17.9 Å². The molecule has 0 unspecified atom stereocenters. The summed E-state index contributed by atoms with van der Waals surface area (Å²) in [6, 6.07) is 4.89. The van der Waals surface area contributed by atoms with E-state index in [4.69, 9.17) is 0 Å². The van der Waals surface area contributed by atoms with E-state index in [1.54, 1.807) is 0 Å². The highest BCUT2D eigenvalue weighted by Gasteiger charge is 2.30. The van der Waals surface area contributed by atoms with Crippen molar-refractivity contribution in [2.24, 2.45) is 0 Å². The Morgan fingerprint density at radius 2 is 2.00 bits per heavy atom. The summed E-state index contributed by atoms with van der Waals surface area (Å²) < 4.78 is 37.8. The normalized spacial score (nSPS) is 16.4. The molecule has 0 saturated carbocycles. The predicted octanol–water partition coefficient (Wildman–Crippen LogP) is 1.41. The van der Waals surface area contributed by atoms with Gasteiger partial charge < -0.3 is 14.8 Å². The summed E-state index contributed by atoms with van der Waals surface area (Å²) in [5, 5.41) is 10.8.